The van der Waals surface area contributed by atoms with Gasteiger partial charge in [-0.1, -0.05) is 6.07 Å². The Hall–Kier alpha value is -3.27. The second kappa shape index (κ2) is 9.54. The van der Waals surface area contributed by atoms with Gasteiger partial charge in [0, 0.05) is 36.3 Å². The lowest BCUT2D eigenvalue weighted by Crippen LogP contribution is -2.40. The van der Waals surface area contributed by atoms with Crippen molar-refractivity contribution in [3.63, 3.8) is 0 Å². The number of aromatic nitrogens is 4. The van der Waals surface area contributed by atoms with E-state index in [0.29, 0.717) is 25.2 Å². The predicted octanol–water partition coefficient (Wildman–Crippen LogP) is 3.06. The van der Waals surface area contributed by atoms with Crippen molar-refractivity contribution in [2.45, 2.75) is 31.8 Å². The van der Waals surface area contributed by atoms with Gasteiger partial charge in [-0.25, -0.2) is 15.0 Å². The second-order valence-electron chi connectivity index (χ2n) is 8.40. The molecule has 34 heavy (non-hydrogen) atoms. The highest BCUT2D eigenvalue weighted by Gasteiger charge is 2.34. The van der Waals surface area contributed by atoms with Gasteiger partial charge >= 0.3 is 0 Å². The van der Waals surface area contributed by atoms with Crippen molar-refractivity contribution in [3.8, 4) is 22.4 Å². The molecule has 0 atom stereocenters. The number of nitrogens with zero attached hydrogens (tertiary/aromatic N) is 4. The average Bonchev–Trinajstić information content (AvgIpc) is 3.27. The molecule has 1 saturated heterocycles. The first-order valence-electron chi connectivity index (χ1n) is 11.4. The van der Waals surface area contributed by atoms with Gasteiger partial charge in [-0.3, -0.25) is 9.78 Å². The number of thiazole rings is 1. The molecule has 4 heterocycles. The van der Waals surface area contributed by atoms with Gasteiger partial charge in [0.1, 0.15) is 10.6 Å². The standard InChI is InChI=1S/C25H26N6O2S/c1-2-27-21(32)13-22-31-20-12-16(11-18(23(20)34-22)19-5-3-4-8-28-19)17-14-29-24(30-15-17)25(33)6-9-26-10-7-25/h3-5,8,11-12,14-15,26,33H,2,6-7,9-10,13H2,1H3,(H,27,32). The van der Waals surface area contributed by atoms with Crippen LogP contribution in [0.25, 0.3) is 32.6 Å². The third-order valence-corrected chi connectivity index (χ3v) is 7.10. The summed E-state index contributed by atoms with van der Waals surface area (Å²) in [4.78, 5) is 30.5. The molecule has 0 spiro atoms. The third-order valence-electron chi connectivity index (χ3n) is 5.99. The van der Waals surface area contributed by atoms with E-state index in [9.17, 15) is 9.90 Å². The van der Waals surface area contributed by atoms with Gasteiger partial charge in [-0.05, 0) is 62.7 Å². The van der Waals surface area contributed by atoms with E-state index in [1.807, 2.05) is 31.2 Å². The van der Waals surface area contributed by atoms with E-state index in [2.05, 4.69) is 31.7 Å². The van der Waals surface area contributed by atoms with E-state index in [1.54, 1.807) is 18.6 Å². The number of fused-ring (bicyclic) bond motifs is 1. The molecule has 0 aliphatic carbocycles. The van der Waals surface area contributed by atoms with Crippen molar-refractivity contribution >= 4 is 27.5 Å². The topological polar surface area (TPSA) is 113 Å². The van der Waals surface area contributed by atoms with E-state index in [4.69, 9.17) is 4.98 Å². The van der Waals surface area contributed by atoms with Gasteiger partial charge in [-0.15, -0.1) is 11.3 Å². The van der Waals surface area contributed by atoms with E-state index in [1.165, 1.54) is 11.3 Å². The zero-order valence-electron chi connectivity index (χ0n) is 18.9. The molecular weight excluding hydrogens is 448 g/mol. The second-order valence-corrected chi connectivity index (χ2v) is 9.49. The lowest BCUT2D eigenvalue weighted by Gasteiger charge is -2.30. The number of hydrogen-bond acceptors (Lipinski definition) is 8. The van der Waals surface area contributed by atoms with Crippen LogP contribution < -0.4 is 10.6 Å². The fraction of sp³-hybridized carbons (Fsp3) is 0.320. The van der Waals surface area contributed by atoms with Crippen molar-refractivity contribution in [3.05, 3.63) is 59.8 Å². The maximum absolute atomic E-state index is 12.1. The fourth-order valence-corrected chi connectivity index (χ4v) is 5.28. The predicted molar refractivity (Wildman–Crippen MR) is 132 cm³/mol. The van der Waals surface area contributed by atoms with E-state index < -0.39 is 5.60 Å². The van der Waals surface area contributed by atoms with Crippen molar-refractivity contribution in [2.75, 3.05) is 19.6 Å². The van der Waals surface area contributed by atoms with Crippen molar-refractivity contribution in [1.29, 1.82) is 0 Å². The SMILES string of the molecule is CCNC(=O)Cc1nc2cc(-c3cnc(C4(O)CCNCC4)nc3)cc(-c3ccccn3)c2s1. The van der Waals surface area contributed by atoms with Crippen LogP contribution >= 0.6 is 11.3 Å². The number of carbonyl (C=O) groups excluding carboxylic acids is 1. The zero-order valence-corrected chi connectivity index (χ0v) is 19.7. The number of carbonyl (C=O) groups is 1. The van der Waals surface area contributed by atoms with E-state index >= 15 is 0 Å². The minimum atomic E-state index is -0.990. The van der Waals surface area contributed by atoms with Crippen LogP contribution in [-0.2, 0) is 16.8 Å². The first-order chi connectivity index (χ1) is 16.6. The molecule has 1 aliphatic heterocycles. The molecule has 0 bridgehead atoms. The van der Waals surface area contributed by atoms with Crippen molar-refractivity contribution < 1.29 is 9.90 Å². The van der Waals surface area contributed by atoms with Crippen LogP contribution in [0.4, 0.5) is 0 Å². The van der Waals surface area contributed by atoms with Crippen LogP contribution in [0.15, 0.2) is 48.9 Å². The van der Waals surface area contributed by atoms with Crippen LogP contribution in [-0.4, -0.2) is 50.6 Å². The van der Waals surface area contributed by atoms with Gasteiger partial charge in [0.05, 0.1) is 22.3 Å². The number of benzene rings is 1. The fourth-order valence-electron chi connectivity index (χ4n) is 4.21. The van der Waals surface area contributed by atoms with E-state index in [0.717, 1.165) is 50.7 Å². The molecule has 1 fully saturated rings. The summed E-state index contributed by atoms with van der Waals surface area (Å²) < 4.78 is 0.989. The number of nitrogens with one attached hydrogen (secondary N) is 2. The molecule has 174 valence electrons. The Balaban J connectivity index is 1.55. The van der Waals surface area contributed by atoms with Gasteiger partial charge in [0.25, 0.3) is 0 Å². The Kier molecular flexibility index (Phi) is 6.32. The van der Waals surface area contributed by atoms with Crippen molar-refractivity contribution in [1.82, 2.24) is 30.6 Å². The molecular formula is C25H26N6O2S. The van der Waals surface area contributed by atoms with Crippen molar-refractivity contribution in [2.24, 2.45) is 0 Å². The average molecular weight is 475 g/mol. The molecule has 0 unspecified atom stereocenters. The Morgan fingerprint density at radius 2 is 1.94 bits per heavy atom. The molecule has 0 saturated carbocycles. The van der Waals surface area contributed by atoms with Crippen LogP contribution in [0.1, 0.15) is 30.6 Å². The van der Waals surface area contributed by atoms with Gasteiger partial charge in [0.15, 0.2) is 5.82 Å². The maximum Gasteiger partial charge on any atom is 0.226 e. The number of piperidine rings is 1. The summed E-state index contributed by atoms with van der Waals surface area (Å²) in [6, 6.07) is 9.87. The number of aliphatic hydroxyl groups is 1. The normalized spacial score (nSPS) is 15.4. The Morgan fingerprint density at radius 1 is 1.15 bits per heavy atom. The molecule has 3 aromatic heterocycles. The van der Waals surface area contributed by atoms with Crippen LogP contribution in [0.5, 0.6) is 0 Å². The third kappa shape index (κ3) is 4.54. The molecule has 3 N–H and O–H groups in total. The summed E-state index contributed by atoms with van der Waals surface area (Å²) >= 11 is 1.52. The maximum atomic E-state index is 12.1. The molecule has 1 amide bonds. The van der Waals surface area contributed by atoms with E-state index in [-0.39, 0.29) is 12.3 Å². The summed E-state index contributed by atoms with van der Waals surface area (Å²) in [5.74, 6) is 0.419. The highest BCUT2D eigenvalue weighted by Crippen LogP contribution is 2.37. The molecule has 1 aromatic carbocycles. The largest absolute Gasteiger partial charge is 0.382 e. The highest BCUT2D eigenvalue weighted by atomic mass is 32.1. The van der Waals surface area contributed by atoms with Gasteiger partial charge < -0.3 is 15.7 Å². The molecule has 1 aliphatic rings. The number of likely N-dealkylation sites (N-methyl/N-ethyl adjacent to an activating group) is 1. The minimum Gasteiger partial charge on any atom is -0.382 e. The first-order valence-corrected chi connectivity index (χ1v) is 12.2. The zero-order chi connectivity index (χ0) is 23.5. The van der Waals surface area contributed by atoms with Crippen LogP contribution in [0.3, 0.4) is 0 Å². The summed E-state index contributed by atoms with van der Waals surface area (Å²) in [5, 5.41) is 17.8. The number of pyridine rings is 1. The van der Waals surface area contributed by atoms with Crippen LogP contribution in [0.2, 0.25) is 0 Å². The monoisotopic (exact) mass is 474 g/mol. The van der Waals surface area contributed by atoms with Gasteiger partial charge in [0.2, 0.25) is 5.91 Å². The Bertz CT molecular complexity index is 1300. The summed E-state index contributed by atoms with van der Waals surface area (Å²) in [6.45, 7) is 3.98. The number of amides is 1. The molecule has 5 rings (SSSR count). The van der Waals surface area contributed by atoms with Gasteiger partial charge in [-0.2, -0.15) is 0 Å². The minimum absolute atomic E-state index is 0.0407. The summed E-state index contributed by atoms with van der Waals surface area (Å²) in [5.41, 5.74) is 3.35. The summed E-state index contributed by atoms with van der Waals surface area (Å²) in [7, 11) is 0. The smallest absolute Gasteiger partial charge is 0.226 e. The molecule has 4 aromatic rings. The number of hydrogen-bond donors (Lipinski definition) is 3. The molecule has 9 heteroatoms. The first kappa shape index (κ1) is 22.5. The lowest BCUT2D eigenvalue weighted by molar-refractivity contribution is -0.120. The molecule has 8 nitrogen and oxygen atoms in total. The Morgan fingerprint density at radius 3 is 2.65 bits per heavy atom. The summed E-state index contributed by atoms with van der Waals surface area (Å²) in [6.07, 6.45) is 6.71. The molecule has 0 radical (unpaired) electrons. The number of rotatable bonds is 6. The van der Waals surface area contributed by atoms with Crippen LogP contribution in [0, 0.1) is 0 Å². The lowest BCUT2D eigenvalue weighted by atomic mass is 9.91. The quantitative estimate of drug-likeness (QED) is 0.394. The Labute approximate surface area is 201 Å². The highest BCUT2D eigenvalue weighted by molar-refractivity contribution is 7.19.